The van der Waals surface area contributed by atoms with Gasteiger partial charge in [-0.25, -0.2) is 4.98 Å². The highest BCUT2D eigenvalue weighted by Gasteiger charge is 2.19. The molecule has 0 unspecified atom stereocenters. The lowest BCUT2D eigenvalue weighted by atomic mass is 10.2. The fourth-order valence-electron chi connectivity index (χ4n) is 2.31. The summed E-state index contributed by atoms with van der Waals surface area (Å²) < 4.78 is 5.36. The van der Waals surface area contributed by atoms with Gasteiger partial charge in [0.1, 0.15) is 5.69 Å². The van der Waals surface area contributed by atoms with Crippen molar-refractivity contribution in [3.63, 3.8) is 0 Å². The third-order valence-electron chi connectivity index (χ3n) is 3.33. The van der Waals surface area contributed by atoms with Crippen molar-refractivity contribution in [3.8, 4) is 5.88 Å². The Morgan fingerprint density at radius 2 is 2.29 bits per heavy atom. The van der Waals surface area contributed by atoms with Gasteiger partial charge in [0, 0.05) is 19.2 Å². The minimum Gasteiger partial charge on any atom is -0.476 e. The molecular formula is C15H21N3O3. The van der Waals surface area contributed by atoms with Gasteiger partial charge >= 0.3 is 0 Å². The maximum atomic E-state index is 12.1. The highest BCUT2D eigenvalue weighted by atomic mass is 16.5. The summed E-state index contributed by atoms with van der Waals surface area (Å²) in [6.07, 6.45) is 5.05. The van der Waals surface area contributed by atoms with Gasteiger partial charge in [0.2, 0.25) is 17.7 Å². The number of aromatic nitrogens is 1. The molecule has 21 heavy (non-hydrogen) atoms. The lowest BCUT2D eigenvalue weighted by Crippen LogP contribution is -2.37. The molecule has 0 atom stereocenters. The van der Waals surface area contributed by atoms with Crippen LogP contribution in [0.1, 0.15) is 32.6 Å². The predicted octanol–water partition coefficient (Wildman–Crippen LogP) is 1.82. The number of ether oxygens (including phenoxy) is 1. The summed E-state index contributed by atoms with van der Waals surface area (Å²) in [4.78, 5) is 29.7. The van der Waals surface area contributed by atoms with Crippen molar-refractivity contribution >= 4 is 17.5 Å². The number of anilines is 1. The summed E-state index contributed by atoms with van der Waals surface area (Å²) in [6.45, 7) is 3.07. The molecule has 1 N–H and O–H groups in total. The molecule has 0 saturated carbocycles. The standard InChI is InChI=1S/C15H21N3O3/c1-2-21-15-12(7-6-9-16-15)17-13(19)11-18-10-5-3-4-8-14(18)20/h6-7,9H,2-5,8,10-11H2,1H3,(H,17,19). The Morgan fingerprint density at radius 3 is 3.10 bits per heavy atom. The number of pyridine rings is 1. The first-order valence-electron chi connectivity index (χ1n) is 7.36. The monoisotopic (exact) mass is 291 g/mol. The molecule has 0 radical (unpaired) electrons. The van der Waals surface area contributed by atoms with Gasteiger partial charge in [-0.3, -0.25) is 9.59 Å². The number of carbonyl (C=O) groups excluding carboxylic acids is 2. The molecular weight excluding hydrogens is 270 g/mol. The number of amides is 2. The topological polar surface area (TPSA) is 71.5 Å². The molecule has 1 aliphatic rings. The third kappa shape index (κ3) is 4.44. The Labute approximate surface area is 124 Å². The van der Waals surface area contributed by atoms with Gasteiger partial charge < -0.3 is 15.0 Å². The van der Waals surface area contributed by atoms with E-state index in [1.165, 1.54) is 0 Å². The molecule has 2 amide bonds. The average molecular weight is 291 g/mol. The van der Waals surface area contributed by atoms with Crippen LogP contribution in [0.5, 0.6) is 5.88 Å². The van der Waals surface area contributed by atoms with Crippen LogP contribution < -0.4 is 10.1 Å². The highest BCUT2D eigenvalue weighted by molar-refractivity contribution is 5.95. The van der Waals surface area contributed by atoms with E-state index in [4.69, 9.17) is 4.74 Å². The Hall–Kier alpha value is -2.11. The molecule has 6 nitrogen and oxygen atoms in total. The zero-order chi connectivity index (χ0) is 15.1. The van der Waals surface area contributed by atoms with Crippen molar-refractivity contribution < 1.29 is 14.3 Å². The zero-order valence-electron chi connectivity index (χ0n) is 12.3. The third-order valence-corrected chi connectivity index (χ3v) is 3.33. The molecule has 1 aromatic heterocycles. The SMILES string of the molecule is CCOc1ncccc1NC(=O)CN1CCCCCC1=O. The Kier molecular flexibility index (Phi) is 5.54. The first-order chi connectivity index (χ1) is 10.2. The normalized spacial score (nSPS) is 15.5. The number of hydrogen-bond acceptors (Lipinski definition) is 4. The van der Waals surface area contributed by atoms with E-state index in [1.54, 1.807) is 23.2 Å². The average Bonchev–Trinajstić information content (AvgIpc) is 2.67. The summed E-state index contributed by atoms with van der Waals surface area (Å²) in [5.74, 6) is 0.230. The van der Waals surface area contributed by atoms with Gasteiger partial charge in [-0.05, 0) is 31.9 Å². The summed E-state index contributed by atoms with van der Waals surface area (Å²) in [5.41, 5.74) is 0.534. The van der Waals surface area contributed by atoms with Gasteiger partial charge in [-0.2, -0.15) is 0 Å². The summed E-state index contributed by atoms with van der Waals surface area (Å²) in [7, 11) is 0. The largest absolute Gasteiger partial charge is 0.476 e. The van der Waals surface area contributed by atoms with Crippen molar-refractivity contribution in [2.75, 3.05) is 25.0 Å². The molecule has 6 heteroatoms. The van der Waals surface area contributed by atoms with Crippen molar-refractivity contribution in [1.82, 2.24) is 9.88 Å². The Bertz CT molecular complexity index is 505. The van der Waals surface area contributed by atoms with Gasteiger partial charge in [0.05, 0.1) is 13.2 Å². The second kappa shape index (κ2) is 7.61. The van der Waals surface area contributed by atoms with Crippen LogP contribution in [-0.4, -0.2) is 41.4 Å². The van der Waals surface area contributed by atoms with Crippen LogP contribution in [0.3, 0.4) is 0 Å². The van der Waals surface area contributed by atoms with Gasteiger partial charge in [0.15, 0.2) is 0 Å². The molecule has 1 saturated heterocycles. The van der Waals surface area contributed by atoms with Crippen LogP contribution in [-0.2, 0) is 9.59 Å². The van der Waals surface area contributed by atoms with E-state index in [1.807, 2.05) is 6.92 Å². The van der Waals surface area contributed by atoms with Crippen LogP contribution >= 0.6 is 0 Å². The van der Waals surface area contributed by atoms with E-state index in [0.29, 0.717) is 31.1 Å². The molecule has 1 fully saturated rings. The smallest absolute Gasteiger partial charge is 0.244 e. The fourth-order valence-corrected chi connectivity index (χ4v) is 2.31. The van der Waals surface area contributed by atoms with Crippen LogP contribution in [0.4, 0.5) is 5.69 Å². The van der Waals surface area contributed by atoms with Crippen molar-refractivity contribution in [2.45, 2.75) is 32.6 Å². The van der Waals surface area contributed by atoms with Crippen molar-refractivity contribution in [1.29, 1.82) is 0 Å². The molecule has 0 aromatic carbocycles. The van der Waals surface area contributed by atoms with E-state index in [0.717, 1.165) is 19.3 Å². The summed E-state index contributed by atoms with van der Waals surface area (Å²) in [5, 5.41) is 2.76. The number of nitrogens with zero attached hydrogens (tertiary/aromatic N) is 2. The maximum absolute atomic E-state index is 12.1. The number of nitrogens with one attached hydrogen (secondary N) is 1. The molecule has 2 rings (SSSR count). The van der Waals surface area contributed by atoms with E-state index < -0.39 is 0 Å². The first-order valence-corrected chi connectivity index (χ1v) is 7.36. The van der Waals surface area contributed by atoms with Crippen LogP contribution in [0, 0.1) is 0 Å². The van der Waals surface area contributed by atoms with Gasteiger partial charge in [-0.1, -0.05) is 6.42 Å². The number of hydrogen-bond donors (Lipinski definition) is 1. The minimum absolute atomic E-state index is 0.0545. The van der Waals surface area contributed by atoms with Crippen LogP contribution in [0.2, 0.25) is 0 Å². The summed E-state index contributed by atoms with van der Waals surface area (Å²) >= 11 is 0. The van der Waals surface area contributed by atoms with Crippen molar-refractivity contribution in [2.24, 2.45) is 0 Å². The molecule has 1 aromatic rings. The van der Waals surface area contributed by atoms with Crippen LogP contribution in [0.15, 0.2) is 18.3 Å². The molecule has 0 spiro atoms. The molecule has 1 aliphatic heterocycles. The summed E-state index contributed by atoms with van der Waals surface area (Å²) in [6, 6.07) is 3.47. The second-order valence-electron chi connectivity index (χ2n) is 4.96. The highest BCUT2D eigenvalue weighted by Crippen LogP contribution is 2.20. The molecule has 0 aliphatic carbocycles. The number of carbonyl (C=O) groups is 2. The quantitative estimate of drug-likeness (QED) is 0.898. The fraction of sp³-hybridized carbons (Fsp3) is 0.533. The molecule has 114 valence electrons. The molecule has 0 bridgehead atoms. The molecule has 2 heterocycles. The van der Waals surface area contributed by atoms with E-state index in [-0.39, 0.29) is 18.4 Å². The van der Waals surface area contributed by atoms with Gasteiger partial charge in [-0.15, -0.1) is 0 Å². The lowest BCUT2D eigenvalue weighted by Gasteiger charge is -2.20. The number of likely N-dealkylation sites (tertiary alicyclic amines) is 1. The van der Waals surface area contributed by atoms with E-state index in [9.17, 15) is 9.59 Å². The second-order valence-corrected chi connectivity index (χ2v) is 4.96. The Balaban J connectivity index is 1.96. The minimum atomic E-state index is -0.223. The van der Waals surface area contributed by atoms with Gasteiger partial charge in [0.25, 0.3) is 0 Å². The zero-order valence-corrected chi connectivity index (χ0v) is 12.3. The van der Waals surface area contributed by atoms with E-state index in [2.05, 4.69) is 10.3 Å². The first kappa shape index (κ1) is 15.3. The number of rotatable bonds is 5. The van der Waals surface area contributed by atoms with Crippen LogP contribution in [0.25, 0.3) is 0 Å². The maximum Gasteiger partial charge on any atom is 0.244 e. The Morgan fingerprint density at radius 1 is 1.43 bits per heavy atom. The lowest BCUT2D eigenvalue weighted by molar-refractivity contribution is -0.134. The van der Waals surface area contributed by atoms with E-state index >= 15 is 0 Å². The predicted molar refractivity (Wildman–Crippen MR) is 79.1 cm³/mol. The van der Waals surface area contributed by atoms with Crippen molar-refractivity contribution in [3.05, 3.63) is 18.3 Å².